The Labute approximate surface area is 189 Å². The van der Waals surface area contributed by atoms with Gasteiger partial charge in [-0.1, -0.05) is 30.3 Å². The minimum absolute atomic E-state index is 0.0501. The number of rotatable bonds is 6. The first-order valence-corrected chi connectivity index (χ1v) is 11.5. The summed E-state index contributed by atoms with van der Waals surface area (Å²) in [7, 11) is 0. The van der Waals surface area contributed by atoms with Crippen LogP contribution in [0.2, 0.25) is 0 Å². The van der Waals surface area contributed by atoms with Gasteiger partial charge in [0.05, 0.1) is 11.9 Å². The molecule has 32 heavy (non-hydrogen) atoms. The number of para-hydroxylation sites is 1. The van der Waals surface area contributed by atoms with E-state index < -0.39 is 0 Å². The van der Waals surface area contributed by atoms with Crippen LogP contribution in [0.5, 0.6) is 0 Å². The molecule has 0 saturated heterocycles. The number of carbonyl (C=O) groups excluding carboxylic acids is 2. The van der Waals surface area contributed by atoms with Crippen molar-refractivity contribution in [2.75, 3.05) is 11.6 Å². The van der Waals surface area contributed by atoms with E-state index in [0.717, 1.165) is 24.1 Å². The van der Waals surface area contributed by atoms with E-state index in [1.807, 2.05) is 65.3 Å². The molecule has 2 N–H and O–H groups in total. The Kier molecular flexibility index (Phi) is 5.36. The number of carbonyl (C=O) groups is 2. The molecule has 0 radical (unpaired) electrons. The third-order valence-electron chi connectivity index (χ3n) is 5.27. The van der Waals surface area contributed by atoms with Crippen LogP contribution in [0.1, 0.15) is 33.7 Å². The first kappa shape index (κ1) is 20.3. The van der Waals surface area contributed by atoms with Crippen molar-refractivity contribution in [2.24, 2.45) is 0 Å². The molecule has 0 aliphatic heterocycles. The molecule has 2 aromatic carbocycles. The number of hydrogen-bond acceptors (Lipinski definition) is 5. The van der Waals surface area contributed by atoms with Crippen LogP contribution in [0.4, 0.5) is 5.69 Å². The largest absolute Gasteiger partial charge is 0.349 e. The average Bonchev–Trinajstić information content (AvgIpc) is 3.54. The van der Waals surface area contributed by atoms with Gasteiger partial charge in [-0.3, -0.25) is 14.0 Å². The number of amides is 2. The van der Waals surface area contributed by atoms with Crippen molar-refractivity contribution < 1.29 is 9.59 Å². The Balaban J connectivity index is 1.48. The van der Waals surface area contributed by atoms with Crippen molar-refractivity contribution in [3.05, 3.63) is 78.2 Å². The highest BCUT2D eigenvalue weighted by atomic mass is 32.2. The van der Waals surface area contributed by atoms with E-state index in [9.17, 15) is 9.59 Å². The maximum absolute atomic E-state index is 12.8. The van der Waals surface area contributed by atoms with E-state index in [1.54, 1.807) is 12.4 Å². The number of nitrogens with zero attached hydrogens (tertiary/aromatic N) is 3. The number of nitrogens with one attached hydrogen (secondary N) is 2. The standard InChI is InChI=1S/C24H21N5O2S/c1-32-24-21-25-13-20(15-7-9-16(10-8-15)22(30)26-18-11-12-18)29(21)14-19(28-24)23(31)27-17-5-3-2-4-6-17/h2-10,13-14,18H,11-12H2,1H3,(H,26,30)(H,27,31). The van der Waals surface area contributed by atoms with Crippen LogP contribution in [0, 0.1) is 0 Å². The molecule has 0 atom stereocenters. The van der Waals surface area contributed by atoms with Gasteiger partial charge in [-0.25, -0.2) is 9.97 Å². The lowest BCUT2D eigenvalue weighted by Crippen LogP contribution is -2.25. The molecule has 1 fully saturated rings. The number of benzene rings is 2. The zero-order chi connectivity index (χ0) is 22.1. The van der Waals surface area contributed by atoms with Crippen molar-refractivity contribution >= 4 is 34.9 Å². The molecule has 0 bridgehead atoms. The monoisotopic (exact) mass is 443 g/mol. The maximum atomic E-state index is 12.8. The minimum atomic E-state index is -0.292. The predicted octanol–water partition coefficient (Wildman–Crippen LogP) is 4.26. The van der Waals surface area contributed by atoms with E-state index in [-0.39, 0.29) is 11.8 Å². The van der Waals surface area contributed by atoms with Gasteiger partial charge < -0.3 is 10.6 Å². The van der Waals surface area contributed by atoms with Crippen LogP contribution in [0.15, 0.2) is 72.0 Å². The molecule has 4 aromatic rings. The maximum Gasteiger partial charge on any atom is 0.275 e. The number of thioether (sulfide) groups is 1. The third-order valence-corrected chi connectivity index (χ3v) is 5.94. The SMILES string of the molecule is CSc1nc(C(=O)Nc2ccccc2)cn2c(-c3ccc(C(=O)NC4CC4)cc3)cnc12. The second kappa shape index (κ2) is 8.47. The van der Waals surface area contributed by atoms with Crippen molar-refractivity contribution in [3.8, 4) is 11.3 Å². The molecular weight excluding hydrogens is 422 g/mol. The van der Waals surface area contributed by atoms with E-state index in [0.29, 0.717) is 33.7 Å². The Hall–Kier alpha value is -3.65. The van der Waals surface area contributed by atoms with Crippen LogP contribution >= 0.6 is 11.8 Å². The molecule has 2 amide bonds. The van der Waals surface area contributed by atoms with E-state index in [1.165, 1.54) is 11.8 Å². The molecular formula is C24H21N5O2S. The van der Waals surface area contributed by atoms with Crippen molar-refractivity contribution in [1.29, 1.82) is 0 Å². The fraction of sp³-hybridized carbons (Fsp3) is 0.167. The molecule has 1 aliphatic rings. The topological polar surface area (TPSA) is 88.4 Å². The van der Waals surface area contributed by atoms with Gasteiger partial charge in [-0.15, -0.1) is 11.8 Å². The van der Waals surface area contributed by atoms with Crippen molar-refractivity contribution in [1.82, 2.24) is 19.7 Å². The predicted molar refractivity (Wildman–Crippen MR) is 125 cm³/mol. The lowest BCUT2D eigenvalue weighted by molar-refractivity contribution is 0.0950. The second-order valence-electron chi connectivity index (χ2n) is 7.62. The molecule has 0 unspecified atom stereocenters. The number of anilines is 1. The highest BCUT2D eigenvalue weighted by Crippen LogP contribution is 2.27. The first-order chi connectivity index (χ1) is 15.6. The molecule has 8 heteroatoms. The summed E-state index contributed by atoms with van der Waals surface area (Å²) in [6.07, 6.45) is 7.47. The summed E-state index contributed by atoms with van der Waals surface area (Å²) < 4.78 is 1.87. The average molecular weight is 444 g/mol. The quantitative estimate of drug-likeness (QED) is 0.435. The van der Waals surface area contributed by atoms with Gasteiger partial charge >= 0.3 is 0 Å². The summed E-state index contributed by atoms with van der Waals surface area (Å²) in [6, 6.07) is 17.0. The summed E-state index contributed by atoms with van der Waals surface area (Å²) >= 11 is 1.44. The Morgan fingerprint density at radius 1 is 1.03 bits per heavy atom. The van der Waals surface area contributed by atoms with E-state index in [4.69, 9.17) is 0 Å². The van der Waals surface area contributed by atoms with Gasteiger partial charge in [0.1, 0.15) is 10.7 Å². The smallest absolute Gasteiger partial charge is 0.275 e. The summed E-state index contributed by atoms with van der Waals surface area (Å²) in [5, 5.41) is 6.54. The van der Waals surface area contributed by atoms with Crippen molar-refractivity contribution in [3.63, 3.8) is 0 Å². The zero-order valence-corrected chi connectivity index (χ0v) is 18.2. The third kappa shape index (κ3) is 4.09. The van der Waals surface area contributed by atoms with Crippen LogP contribution in [-0.2, 0) is 0 Å². The lowest BCUT2D eigenvalue weighted by atomic mass is 10.1. The molecule has 1 saturated carbocycles. The van der Waals surface area contributed by atoms with Gasteiger partial charge in [0.25, 0.3) is 11.8 Å². The Morgan fingerprint density at radius 3 is 2.47 bits per heavy atom. The molecule has 0 spiro atoms. The van der Waals surface area contributed by atoms with Crippen molar-refractivity contribution in [2.45, 2.75) is 23.9 Å². The second-order valence-corrected chi connectivity index (χ2v) is 8.41. The zero-order valence-electron chi connectivity index (χ0n) is 17.4. The molecule has 2 aromatic heterocycles. The van der Waals surface area contributed by atoms with Crippen LogP contribution in [0.3, 0.4) is 0 Å². The molecule has 1 aliphatic carbocycles. The number of fused-ring (bicyclic) bond motifs is 1. The summed E-state index contributed by atoms with van der Waals surface area (Å²) in [5.41, 5.74) is 4.03. The normalized spacial score (nSPS) is 13.2. The van der Waals surface area contributed by atoms with Gasteiger partial charge in [0, 0.05) is 29.1 Å². The molecule has 2 heterocycles. The van der Waals surface area contributed by atoms with Gasteiger partial charge in [-0.2, -0.15) is 0 Å². The lowest BCUT2D eigenvalue weighted by Gasteiger charge is -2.09. The molecule has 7 nitrogen and oxygen atoms in total. The Bertz CT molecular complexity index is 1300. The number of aromatic nitrogens is 3. The van der Waals surface area contributed by atoms with E-state index in [2.05, 4.69) is 20.6 Å². The van der Waals surface area contributed by atoms with E-state index >= 15 is 0 Å². The summed E-state index contributed by atoms with van der Waals surface area (Å²) in [6.45, 7) is 0. The minimum Gasteiger partial charge on any atom is -0.349 e. The van der Waals surface area contributed by atoms with Crippen LogP contribution < -0.4 is 10.6 Å². The van der Waals surface area contributed by atoms with Gasteiger partial charge in [0.15, 0.2) is 5.65 Å². The van der Waals surface area contributed by atoms with Crippen LogP contribution in [0.25, 0.3) is 16.9 Å². The molecule has 160 valence electrons. The number of imidazole rings is 1. The Morgan fingerprint density at radius 2 is 1.78 bits per heavy atom. The first-order valence-electron chi connectivity index (χ1n) is 10.3. The fourth-order valence-corrected chi connectivity index (χ4v) is 3.95. The highest BCUT2D eigenvalue weighted by molar-refractivity contribution is 7.98. The molecule has 5 rings (SSSR count). The number of hydrogen-bond donors (Lipinski definition) is 2. The van der Waals surface area contributed by atoms with Crippen LogP contribution in [-0.4, -0.2) is 38.5 Å². The van der Waals surface area contributed by atoms with Gasteiger partial charge in [0.2, 0.25) is 0 Å². The van der Waals surface area contributed by atoms with Gasteiger partial charge in [-0.05, 0) is 43.4 Å². The summed E-state index contributed by atoms with van der Waals surface area (Å²) in [5.74, 6) is -0.342. The highest BCUT2D eigenvalue weighted by Gasteiger charge is 2.24. The fourth-order valence-electron chi connectivity index (χ4n) is 3.43. The summed E-state index contributed by atoms with van der Waals surface area (Å²) in [4.78, 5) is 34.2.